The van der Waals surface area contributed by atoms with Crippen molar-refractivity contribution < 1.29 is 9.90 Å². The second kappa shape index (κ2) is 5.11. The summed E-state index contributed by atoms with van der Waals surface area (Å²) in [7, 11) is 0. The number of fused-ring (bicyclic) bond motifs is 1. The number of carbonyl (C=O) groups is 1. The Balaban J connectivity index is 2.56. The molecule has 3 nitrogen and oxygen atoms in total. The Bertz CT molecular complexity index is 468. The Morgan fingerprint density at radius 1 is 1.33 bits per heavy atom. The van der Waals surface area contributed by atoms with E-state index in [9.17, 15) is 9.90 Å². The molecule has 1 aromatic rings. The minimum absolute atomic E-state index is 0.0605. The predicted molar refractivity (Wildman–Crippen MR) is 72.7 cm³/mol. The first kappa shape index (κ1) is 13.1. The third-order valence-corrected chi connectivity index (χ3v) is 3.76. The molecule has 3 heteroatoms. The van der Waals surface area contributed by atoms with Crippen molar-refractivity contribution in [2.75, 3.05) is 5.32 Å². The molecule has 1 aromatic carbocycles. The largest absolute Gasteiger partial charge is 0.388 e. The maximum Gasteiger partial charge on any atom is 0.232 e. The van der Waals surface area contributed by atoms with Crippen molar-refractivity contribution in [3.63, 3.8) is 0 Å². The summed E-state index contributed by atoms with van der Waals surface area (Å²) < 4.78 is 0. The minimum atomic E-state index is -0.499. The minimum Gasteiger partial charge on any atom is -0.388 e. The Morgan fingerprint density at radius 2 is 2.06 bits per heavy atom. The predicted octanol–water partition coefficient (Wildman–Crippen LogP) is 3.14. The standard InChI is InChI=1S/C15H21NO2/c1-4-9-7-11-10(5-2)15(18)16-14(11)12(8-9)13(17)6-3/h7-8,10,13,17H,4-6H2,1-3H3,(H,16,18). The second-order valence-corrected chi connectivity index (χ2v) is 4.88. The number of hydrogen-bond acceptors (Lipinski definition) is 2. The Morgan fingerprint density at radius 3 is 2.61 bits per heavy atom. The molecule has 2 rings (SSSR count). The van der Waals surface area contributed by atoms with E-state index in [4.69, 9.17) is 0 Å². The fraction of sp³-hybridized carbons (Fsp3) is 0.533. The van der Waals surface area contributed by atoms with Crippen LogP contribution in [0.25, 0.3) is 0 Å². The lowest BCUT2D eigenvalue weighted by Crippen LogP contribution is -2.11. The Kier molecular flexibility index (Phi) is 3.71. The molecular weight excluding hydrogens is 226 g/mol. The van der Waals surface area contributed by atoms with E-state index in [2.05, 4.69) is 18.3 Å². The molecule has 2 unspecified atom stereocenters. The van der Waals surface area contributed by atoms with Crippen LogP contribution in [-0.2, 0) is 11.2 Å². The van der Waals surface area contributed by atoms with Crippen molar-refractivity contribution >= 4 is 11.6 Å². The molecule has 2 atom stereocenters. The highest BCUT2D eigenvalue weighted by Crippen LogP contribution is 2.40. The number of hydrogen-bond donors (Lipinski definition) is 2. The van der Waals surface area contributed by atoms with Gasteiger partial charge in [-0.15, -0.1) is 0 Å². The van der Waals surface area contributed by atoms with Crippen molar-refractivity contribution in [1.82, 2.24) is 0 Å². The van der Waals surface area contributed by atoms with Gasteiger partial charge in [0.1, 0.15) is 0 Å². The number of nitrogens with one attached hydrogen (secondary N) is 1. The van der Waals surface area contributed by atoms with Gasteiger partial charge in [-0.05, 0) is 30.4 Å². The van der Waals surface area contributed by atoms with E-state index in [-0.39, 0.29) is 11.8 Å². The third-order valence-electron chi connectivity index (χ3n) is 3.76. The molecule has 0 saturated heterocycles. The smallest absolute Gasteiger partial charge is 0.232 e. The van der Waals surface area contributed by atoms with Crippen LogP contribution in [0.3, 0.4) is 0 Å². The third kappa shape index (κ3) is 2.03. The lowest BCUT2D eigenvalue weighted by molar-refractivity contribution is -0.117. The van der Waals surface area contributed by atoms with Crippen molar-refractivity contribution in [3.05, 3.63) is 28.8 Å². The number of aliphatic hydroxyl groups excluding tert-OH is 1. The molecule has 1 aliphatic heterocycles. The molecule has 1 heterocycles. The fourth-order valence-corrected chi connectivity index (χ4v) is 2.62. The van der Waals surface area contributed by atoms with E-state index in [1.165, 1.54) is 5.56 Å². The van der Waals surface area contributed by atoms with Gasteiger partial charge >= 0.3 is 0 Å². The molecule has 0 fully saturated rings. The highest BCUT2D eigenvalue weighted by molar-refractivity contribution is 6.03. The summed E-state index contributed by atoms with van der Waals surface area (Å²) in [4.78, 5) is 11.9. The molecule has 98 valence electrons. The van der Waals surface area contributed by atoms with Gasteiger partial charge in [-0.2, -0.15) is 0 Å². The molecule has 0 radical (unpaired) electrons. The van der Waals surface area contributed by atoms with E-state index < -0.39 is 6.10 Å². The van der Waals surface area contributed by atoms with Gasteiger partial charge in [-0.25, -0.2) is 0 Å². The first-order valence-corrected chi connectivity index (χ1v) is 6.77. The number of aliphatic hydroxyl groups is 1. The number of amides is 1. The summed E-state index contributed by atoms with van der Waals surface area (Å²) in [6.45, 7) is 6.06. The summed E-state index contributed by atoms with van der Waals surface area (Å²) in [5.74, 6) is -0.000359. The lowest BCUT2D eigenvalue weighted by atomic mass is 9.91. The normalized spacial score (nSPS) is 19.6. The molecule has 0 aliphatic carbocycles. The van der Waals surface area contributed by atoms with E-state index in [0.717, 1.165) is 29.7 Å². The molecule has 18 heavy (non-hydrogen) atoms. The average Bonchev–Trinajstić information content (AvgIpc) is 2.71. The van der Waals surface area contributed by atoms with Crippen molar-refractivity contribution in [2.24, 2.45) is 0 Å². The van der Waals surface area contributed by atoms with Crippen LogP contribution in [-0.4, -0.2) is 11.0 Å². The van der Waals surface area contributed by atoms with Crippen molar-refractivity contribution in [1.29, 1.82) is 0 Å². The van der Waals surface area contributed by atoms with Crippen LogP contribution < -0.4 is 5.32 Å². The maximum absolute atomic E-state index is 11.9. The van der Waals surface area contributed by atoms with Crippen molar-refractivity contribution in [3.8, 4) is 0 Å². The summed E-state index contributed by atoms with van der Waals surface area (Å²) >= 11 is 0. The number of benzene rings is 1. The first-order chi connectivity index (χ1) is 8.62. The highest BCUT2D eigenvalue weighted by Gasteiger charge is 2.32. The molecule has 2 N–H and O–H groups in total. The van der Waals surface area contributed by atoms with Crippen LogP contribution in [0.2, 0.25) is 0 Å². The molecule has 1 amide bonds. The summed E-state index contributed by atoms with van der Waals surface area (Å²) in [6, 6.07) is 4.12. The Labute approximate surface area is 108 Å². The fourth-order valence-electron chi connectivity index (χ4n) is 2.62. The van der Waals surface area contributed by atoms with E-state index in [1.54, 1.807) is 0 Å². The van der Waals surface area contributed by atoms with Gasteiger partial charge in [-0.1, -0.05) is 32.9 Å². The van der Waals surface area contributed by atoms with Gasteiger partial charge in [0.2, 0.25) is 5.91 Å². The zero-order chi connectivity index (χ0) is 13.3. The lowest BCUT2D eigenvalue weighted by Gasteiger charge is -2.15. The highest BCUT2D eigenvalue weighted by atomic mass is 16.3. The van der Waals surface area contributed by atoms with Gasteiger partial charge in [0, 0.05) is 5.56 Å². The van der Waals surface area contributed by atoms with Crippen molar-refractivity contribution in [2.45, 2.75) is 52.1 Å². The monoisotopic (exact) mass is 247 g/mol. The SMILES string of the molecule is CCc1cc(C(O)CC)c2c(c1)C(CC)C(=O)N2. The van der Waals surface area contributed by atoms with Gasteiger partial charge in [0.05, 0.1) is 17.7 Å². The van der Waals surface area contributed by atoms with Crippen LogP contribution in [0.4, 0.5) is 5.69 Å². The van der Waals surface area contributed by atoms with Gasteiger partial charge in [-0.3, -0.25) is 4.79 Å². The van der Waals surface area contributed by atoms with Crippen LogP contribution in [0.1, 0.15) is 62.3 Å². The van der Waals surface area contributed by atoms with E-state index >= 15 is 0 Å². The zero-order valence-corrected chi connectivity index (χ0v) is 11.3. The van der Waals surface area contributed by atoms with Crippen LogP contribution in [0, 0.1) is 0 Å². The van der Waals surface area contributed by atoms with E-state index in [1.807, 2.05) is 19.9 Å². The quantitative estimate of drug-likeness (QED) is 0.858. The zero-order valence-electron chi connectivity index (χ0n) is 11.3. The van der Waals surface area contributed by atoms with Crippen LogP contribution in [0.15, 0.2) is 12.1 Å². The molecule has 0 saturated carbocycles. The summed E-state index contributed by atoms with van der Waals surface area (Å²) in [6.07, 6.45) is 1.88. The van der Waals surface area contributed by atoms with Crippen LogP contribution >= 0.6 is 0 Å². The van der Waals surface area contributed by atoms with Crippen LogP contribution in [0.5, 0.6) is 0 Å². The summed E-state index contributed by atoms with van der Waals surface area (Å²) in [5.41, 5.74) is 3.96. The first-order valence-electron chi connectivity index (χ1n) is 6.77. The summed E-state index contributed by atoms with van der Waals surface area (Å²) in [5, 5.41) is 13.0. The Hall–Kier alpha value is -1.35. The molecule has 1 aliphatic rings. The molecule has 0 bridgehead atoms. The second-order valence-electron chi connectivity index (χ2n) is 4.88. The van der Waals surface area contributed by atoms with Gasteiger partial charge in [0.15, 0.2) is 0 Å². The van der Waals surface area contributed by atoms with Gasteiger partial charge < -0.3 is 10.4 Å². The number of anilines is 1. The maximum atomic E-state index is 11.9. The topological polar surface area (TPSA) is 49.3 Å². The number of rotatable bonds is 4. The molecule has 0 aromatic heterocycles. The molecular formula is C15H21NO2. The van der Waals surface area contributed by atoms with Gasteiger partial charge in [0.25, 0.3) is 0 Å². The number of aryl methyl sites for hydroxylation is 1. The number of carbonyl (C=O) groups excluding carboxylic acids is 1. The van der Waals surface area contributed by atoms with E-state index in [0.29, 0.717) is 6.42 Å². The molecule has 0 spiro atoms. The average molecular weight is 247 g/mol.